The second kappa shape index (κ2) is 8.84. The molecule has 0 saturated heterocycles. The van der Waals surface area contributed by atoms with E-state index in [9.17, 15) is 14.7 Å². The summed E-state index contributed by atoms with van der Waals surface area (Å²) in [5, 5.41) is 23.1. The van der Waals surface area contributed by atoms with Crippen LogP contribution in [0, 0.1) is 0 Å². The molecule has 6 heteroatoms. The minimum Gasteiger partial charge on any atom is -0.508 e. The number of phenols is 1. The number of aromatic hydroxyl groups is 1. The highest BCUT2D eigenvalue weighted by atomic mass is 16.4. The number of urea groups is 1. The van der Waals surface area contributed by atoms with Crippen molar-refractivity contribution in [3.8, 4) is 5.75 Å². The third-order valence-electron chi connectivity index (χ3n) is 3.03. The van der Waals surface area contributed by atoms with Gasteiger partial charge in [-0.1, -0.05) is 12.1 Å². The summed E-state index contributed by atoms with van der Waals surface area (Å²) in [4.78, 5) is 21.9. The van der Waals surface area contributed by atoms with E-state index in [-0.39, 0.29) is 24.2 Å². The minimum absolute atomic E-state index is 0.0123. The maximum Gasteiger partial charge on any atom is 0.314 e. The Morgan fingerprint density at radius 2 is 1.90 bits per heavy atom. The van der Waals surface area contributed by atoms with Gasteiger partial charge in [-0.05, 0) is 43.9 Å². The van der Waals surface area contributed by atoms with E-state index in [1.54, 1.807) is 12.1 Å². The number of nitrogens with one attached hydrogen (secondary N) is 2. The Kier molecular flexibility index (Phi) is 7.08. The average molecular weight is 294 g/mol. The smallest absolute Gasteiger partial charge is 0.314 e. The number of carboxylic acids is 1. The monoisotopic (exact) mass is 294 g/mol. The molecular weight excluding hydrogens is 272 g/mol. The summed E-state index contributed by atoms with van der Waals surface area (Å²) in [6.07, 6.45) is 2.06. The van der Waals surface area contributed by atoms with Crippen LogP contribution in [0.4, 0.5) is 4.79 Å². The predicted molar refractivity (Wildman–Crippen MR) is 79.3 cm³/mol. The lowest BCUT2D eigenvalue weighted by Gasteiger charge is -2.14. The molecular formula is C15H22N2O4. The van der Waals surface area contributed by atoms with Gasteiger partial charge in [-0.3, -0.25) is 4.79 Å². The van der Waals surface area contributed by atoms with Gasteiger partial charge in [0.15, 0.2) is 0 Å². The Morgan fingerprint density at radius 1 is 1.24 bits per heavy atom. The number of carbonyl (C=O) groups excluding carboxylic acids is 1. The van der Waals surface area contributed by atoms with Crippen LogP contribution < -0.4 is 10.6 Å². The van der Waals surface area contributed by atoms with Crippen LogP contribution in [0.25, 0.3) is 0 Å². The van der Waals surface area contributed by atoms with E-state index < -0.39 is 5.97 Å². The van der Waals surface area contributed by atoms with Crippen LogP contribution in [0.2, 0.25) is 0 Å². The number of phenolic OH excluding ortho intramolecular Hbond substituents is 1. The molecule has 0 aromatic heterocycles. The zero-order chi connectivity index (χ0) is 15.7. The molecule has 0 spiro atoms. The van der Waals surface area contributed by atoms with Gasteiger partial charge in [-0.15, -0.1) is 0 Å². The van der Waals surface area contributed by atoms with E-state index in [0.717, 1.165) is 18.4 Å². The summed E-state index contributed by atoms with van der Waals surface area (Å²) < 4.78 is 0. The molecule has 0 aliphatic rings. The van der Waals surface area contributed by atoms with E-state index in [1.807, 2.05) is 19.1 Å². The maximum absolute atomic E-state index is 11.6. The molecule has 2 amide bonds. The molecule has 0 radical (unpaired) electrons. The summed E-state index contributed by atoms with van der Waals surface area (Å²) in [5.74, 6) is -0.620. The Balaban J connectivity index is 2.17. The van der Waals surface area contributed by atoms with E-state index in [0.29, 0.717) is 13.0 Å². The van der Waals surface area contributed by atoms with Crippen LogP contribution in [-0.2, 0) is 11.2 Å². The molecule has 1 atom stereocenters. The molecule has 21 heavy (non-hydrogen) atoms. The third kappa shape index (κ3) is 7.81. The highest BCUT2D eigenvalue weighted by Gasteiger charge is 2.07. The van der Waals surface area contributed by atoms with Crippen LogP contribution in [-0.4, -0.2) is 34.8 Å². The van der Waals surface area contributed by atoms with E-state index in [1.165, 1.54) is 0 Å². The lowest BCUT2D eigenvalue weighted by Crippen LogP contribution is -2.41. The molecule has 0 aliphatic heterocycles. The van der Waals surface area contributed by atoms with Crippen molar-refractivity contribution < 1.29 is 19.8 Å². The quantitative estimate of drug-likeness (QED) is 0.550. The van der Waals surface area contributed by atoms with Crippen molar-refractivity contribution in [3.05, 3.63) is 29.8 Å². The highest BCUT2D eigenvalue weighted by Crippen LogP contribution is 2.11. The summed E-state index contributed by atoms with van der Waals surface area (Å²) in [7, 11) is 0. The first-order valence-electron chi connectivity index (χ1n) is 7.01. The summed E-state index contributed by atoms with van der Waals surface area (Å²) in [5.41, 5.74) is 1.10. The van der Waals surface area contributed by atoms with Gasteiger partial charge >= 0.3 is 12.0 Å². The standard InChI is InChI=1S/C15H22N2O4/c1-11(4-5-12-6-8-13(18)9-7-12)17-15(21)16-10-2-3-14(19)20/h6-9,11,18H,2-5,10H2,1H3,(H,19,20)(H2,16,17,21). The van der Waals surface area contributed by atoms with Crippen molar-refractivity contribution in [2.24, 2.45) is 0 Å². The number of aliphatic carboxylic acids is 1. The Hall–Kier alpha value is -2.24. The first-order valence-corrected chi connectivity index (χ1v) is 7.01. The molecule has 6 nitrogen and oxygen atoms in total. The molecule has 4 N–H and O–H groups in total. The van der Waals surface area contributed by atoms with Crippen molar-refractivity contribution in [3.63, 3.8) is 0 Å². The van der Waals surface area contributed by atoms with Crippen LogP contribution in [0.5, 0.6) is 5.75 Å². The van der Waals surface area contributed by atoms with Gasteiger partial charge in [0.1, 0.15) is 5.75 Å². The van der Waals surface area contributed by atoms with Crippen LogP contribution in [0.3, 0.4) is 0 Å². The molecule has 1 rings (SSSR count). The van der Waals surface area contributed by atoms with Crippen molar-refractivity contribution in [1.82, 2.24) is 10.6 Å². The molecule has 0 fully saturated rings. The number of hydrogen-bond acceptors (Lipinski definition) is 3. The Bertz CT molecular complexity index is 459. The Labute approximate surface area is 124 Å². The first-order chi connectivity index (χ1) is 9.97. The highest BCUT2D eigenvalue weighted by molar-refractivity contribution is 5.74. The SMILES string of the molecule is CC(CCc1ccc(O)cc1)NC(=O)NCCCC(=O)O. The fourth-order valence-electron chi connectivity index (χ4n) is 1.83. The first kappa shape index (κ1) is 16.8. The van der Waals surface area contributed by atoms with Gasteiger partial charge in [0.2, 0.25) is 0 Å². The molecule has 1 aromatic rings. The average Bonchev–Trinajstić information content (AvgIpc) is 2.43. The number of carboxylic acid groups (broad SMARTS) is 1. The van der Waals surface area contributed by atoms with E-state index in [2.05, 4.69) is 10.6 Å². The van der Waals surface area contributed by atoms with E-state index in [4.69, 9.17) is 5.11 Å². The van der Waals surface area contributed by atoms with Crippen LogP contribution >= 0.6 is 0 Å². The molecule has 1 aromatic carbocycles. The van der Waals surface area contributed by atoms with E-state index >= 15 is 0 Å². The van der Waals surface area contributed by atoms with Gasteiger partial charge in [0, 0.05) is 19.0 Å². The number of amides is 2. The largest absolute Gasteiger partial charge is 0.508 e. The Morgan fingerprint density at radius 3 is 2.52 bits per heavy atom. The van der Waals surface area contributed by atoms with Gasteiger partial charge in [0.05, 0.1) is 0 Å². The van der Waals surface area contributed by atoms with Crippen molar-refractivity contribution in [2.75, 3.05) is 6.54 Å². The van der Waals surface area contributed by atoms with Crippen molar-refractivity contribution in [2.45, 2.75) is 38.6 Å². The van der Waals surface area contributed by atoms with Gasteiger partial charge in [0.25, 0.3) is 0 Å². The number of hydrogen-bond donors (Lipinski definition) is 4. The molecule has 0 heterocycles. The van der Waals surface area contributed by atoms with Crippen LogP contribution in [0.1, 0.15) is 31.7 Å². The van der Waals surface area contributed by atoms with Crippen molar-refractivity contribution >= 4 is 12.0 Å². The normalized spacial score (nSPS) is 11.7. The fraction of sp³-hybridized carbons (Fsp3) is 0.467. The number of carbonyl (C=O) groups is 2. The summed E-state index contributed by atoms with van der Waals surface area (Å²) >= 11 is 0. The second-order valence-electron chi connectivity index (χ2n) is 5.00. The summed E-state index contributed by atoms with van der Waals surface area (Å²) in [6.45, 7) is 2.26. The lowest BCUT2D eigenvalue weighted by molar-refractivity contribution is -0.137. The fourth-order valence-corrected chi connectivity index (χ4v) is 1.83. The zero-order valence-electron chi connectivity index (χ0n) is 12.1. The van der Waals surface area contributed by atoms with Crippen molar-refractivity contribution in [1.29, 1.82) is 0 Å². The molecule has 1 unspecified atom stereocenters. The minimum atomic E-state index is -0.862. The number of benzene rings is 1. The van der Waals surface area contributed by atoms with Gasteiger partial charge in [-0.25, -0.2) is 4.79 Å². The maximum atomic E-state index is 11.6. The second-order valence-corrected chi connectivity index (χ2v) is 5.00. The molecule has 0 saturated carbocycles. The van der Waals surface area contributed by atoms with Gasteiger partial charge < -0.3 is 20.8 Å². The molecule has 0 aliphatic carbocycles. The predicted octanol–water partition coefficient (Wildman–Crippen LogP) is 1.88. The zero-order valence-corrected chi connectivity index (χ0v) is 12.1. The number of rotatable bonds is 8. The summed E-state index contributed by atoms with van der Waals surface area (Å²) in [6, 6.07) is 6.73. The topological polar surface area (TPSA) is 98.7 Å². The molecule has 0 bridgehead atoms. The third-order valence-corrected chi connectivity index (χ3v) is 3.03. The molecule has 116 valence electrons. The lowest BCUT2D eigenvalue weighted by atomic mass is 10.1. The van der Waals surface area contributed by atoms with Crippen LogP contribution in [0.15, 0.2) is 24.3 Å². The number of aryl methyl sites for hydroxylation is 1. The van der Waals surface area contributed by atoms with Gasteiger partial charge in [-0.2, -0.15) is 0 Å².